The number of hydrogen-bond donors (Lipinski definition) is 1. The molecular formula is C11H13NO. The van der Waals surface area contributed by atoms with E-state index in [0.717, 1.165) is 12.2 Å². The van der Waals surface area contributed by atoms with Crippen molar-refractivity contribution in [1.29, 1.82) is 0 Å². The van der Waals surface area contributed by atoms with Crippen LogP contribution >= 0.6 is 0 Å². The summed E-state index contributed by atoms with van der Waals surface area (Å²) in [6.45, 7) is 0. The van der Waals surface area contributed by atoms with Gasteiger partial charge in [0.1, 0.15) is 5.75 Å². The molecule has 0 heterocycles. The monoisotopic (exact) mass is 175 g/mol. The second kappa shape index (κ2) is 3.23. The highest BCUT2D eigenvalue weighted by atomic mass is 16.5. The molecule has 1 aliphatic carbocycles. The number of benzene rings is 1. The van der Waals surface area contributed by atoms with Crippen LogP contribution in [0.4, 0.5) is 0 Å². The number of methoxy groups -OCH3 is 1. The first-order valence-electron chi connectivity index (χ1n) is 4.40. The molecule has 0 aliphatic heterocycles. The quantitative estimate of drug-likeness (QED) is 0.703. The molecule has 1 aliphatic rings. The van der Waals surface area contributed by atoms with Crippen LogP contribution < -0.4 is 10.5 Å². The van der Waals surface area contributed by atoms with E-state index in [0.29, 0.717) is 0 Å². The second-order valence-corrected chi connectivity index (χ2v) is 3.29. The molecule has 0 spiro atoms. The zero-order valence-electron chi connectivity index (χ0n) is 7.66. The molecular weight excluding hydrogens is 162 g/mol. The lowest BCUT2D eigenvalue weighted by Crippen LogP contribution is -2.22. The smallest absolute Gasteiger partial charge is 0.119 e. The lowest BCUT2D eigenvalue weighted by molar-refractivity contribution is 0.414. The van der Waals surface area contributed by atoms with Crippen LogP contribution in [0, 0.1) is 0 Å². The second-order valence-electron chi connectivity index (χ2n) is 3.29. The van der Waals surface area contributed by atoms with Crippen molar-refractivity contribution in [3.8, 4) is 5.75 Å². The van der Waals surface area contributed by atoms with Gasteiger partial charge in [-0.1, -0.05) is 18.2 Å². The minimum absolute atomic E-state index is 0.152. The Morgan fingerprint density at radius 1 is 1.46 bits per heavy atom. The Kier molecular flexibility index (Phi) is 2.07. The number of rotatable bonds is 1. The fourth-order valence-electron chi connectivity index (χ4n) is 1.60. The lowest BCUT2D eigenvalue weighted by Gasteiger charge is -2.16. The maximum Gasteiger partial charge on any atom is 0.119 e. The Bertz CT molecular complexity index is 344. The molecule has 13 heavy (non-hydrogen) atoms. The molecule has 1 aromatic carbocycles. The molecule has 0 bridgehead atoms. The zero-order chi connectivity index (χ0) is 9.26. The van der Waals surface area contributed by atoms with E-state index in [9.17, 15) is 0 Å². The number of ether oxygens (including phenoxy) is 1. The summed E-state index contributed by atoms with van der Waals surface area (Å²) in [5.41, 5.74) is 8.34. The number of nitrogens with two attached hydrogens (primary N) is 1. The van der Waals surface area contributed by atoms with E-state index in [2.05, 4.69) is 18.2 Å². The van der Waals surface area contributed by atoms with Crippen LogP contribution in [0.3, 0.4) is 0 Å². The summed E-state index contributed by atoms with van der Waals surface area (Å²) in [4.78, 5) is 0. The van der Waals surface area contributed by atoms with Crippen molar-refractivity contribution < 1.29 is 4.74 Å². The van der Waals surface area contributed by atoms with Gasteiger partial charge >= 0.3 is 0 Å². The molecule has 0 saturated heterocycles. The number of hydrogen-bond acceptors (Lipinski definition) is 2. The molecule has 68 valence electrons. The van der Waals surface area contributed by atoms with Crippen molar-refractivity contribution in [2.45, 2.75) is 12.5 Å². The highest BCUT2D eigenvalue weighted by Crippen LogP contribution is 2.23. The van der Waals surface area contributed by atoms with Gasteiger partial charge in [0, 0.05) is 6.04 Å². The maximum atomic E-state index is 5.81. The molecule has 1 atom stereocenters. The van der Waals surface area contributed by atoms with Crippen LogP contribution in [0.1, 0.15) is 11.1 Å². The Morgan fingerprint density at radius 2 is 2.31 bits per heavy atom. The first-order valence-corrected chi connectivity index (χ1v) is 4.40. The molecule has 1 aromatic rings. The van der Waals surface area contributed by atoms with Gasteiger partial charge in [0.15, 0.2) is 0 Å². The van der Waals surface area contributed by atoms with Gasteiger partial charge in [-0.3, -0.25) is 0 Å². The standard InChI is InChI=1S/C11H13NO/c1-13-11-5-3-8-2-4-10(12)6-9(8)7-11/h2-5,7,10H,6,12H2,1H3. The molecule has 1 unspecified atom stereocenters. The van der Waals surface area contributed by atoms with Gasteiger partial charge in [-0.2, -0.15) is 0 Å². The van der Waals surface area contributed by atoms with Crippen LogP contribution in [0.25, 0.3) is 6.08 Å². The van der Waals surface area contributed by atoms with Crippen LogP contribution in [0.5, 0.6) is 5.75 Å². The molecule has 2 heteroatoms. The van der Waals surface area contributed by atoms with Crippen molar-refractivity contribution in [2.24, 2.45) is 5.73 Å². The van der Waals surface area contributed by atoms with Crippen LogP contribution in [0.15, 0.2) is 24.3 Å². The van der Waals surface area contributed by atoms with E-state index in [1.54, 1.807) is 7.11 Å². The summed E-state index contributed by atoms with van der Waals surface area (Å²) in [6, 6.07) is 6.24. The highest BCUT2D eigenvalue weighted by Gasteiger charge is 2.10. The third-order valence-electron chi connectivity index (χ3n) is 2.33. The van der Waals surface area contributed by atoms with E-state index in [1.807, 2.05) is 12.1 Å². The molecule has 0 fully saturated rings. The number of fused-ring (bicyclic) bond motifs is 1. The Hall–Kier alpha value is -1.28. The predicted molar refractivity (Wildman–Crippen MR) is 53.7 cm³/mol. The average molecular weight is 175 g/mol. The summed E-state index contributed by atoms with van der Waals surface area (Å²) in [6.07, 6.45) is 5.01. The van der Waals surface area contributed by atoms with E-state index in [4.69, 9.17) is 10.5 Å². The summed E-state index contributed by atoms with van der Waals surface area (Å²) in [5, 5.41) is 0. The van der Waals surface area contributed by atoms with Crippen LogP contribution in [0.2, 0.25) is 0 Å². The Balaban J connectivity index is 2.40. The van der Waals surface area contributed by atoms with Gasteiger partial charge in [0.2, 0.25) is 0 Å². The van der Waals surface area contributed by atoms with Gasteiger partial charge in [0.05, 0.1) is 7.11 Å². The third kappa shape index (κ3) is 1.58. The fourth-order valence-corrected chi connectivity index (χ4v) is 1.60. The van der Waals surface area contributed by atoms with Crippen LogP contribution in [-0.2, 0) is 6.42 Å². The van der Waals surface area contributed by atoms with Crippen molar-refractivity contribution in [1.82, 2.24) is 0 Å². The molecule has 0 saturated carbocycles. The van der Waals surface area contributed by atoms with E-state index >= 15 is 0 Å². The van der Waals surface area contributed by atoms with Gasteiger partial charge in [-0.05, 0) is 29.7 Å². The predicted octanol–water partition coefficient (Wildman–Crippen LogP) is 1.59. The maximum absolute atomic E-state index is 5.81. The Morgan fingerprint density at radius 3 is 3.08 bits per heavy atom. The van der Waals surface area contributed by atoms with E-state index < -0.39 is 0 Å². The van der Waals surface area contributed by atoms with Gasteiger partial charge in [-0.25, -0.2) is 0 Å². The molecule has 0 radical (unpaired) electrons. The topological polar surface area (TPSA) is 35.2 Å². The third-order valence-corrected chi connectivity index (χ3v) is 2.33. The van der Waals surface area contributed by atoms with Crippen molar-refractivity contribution in [2.75, 3.05) is 7.11 Å². The average Bonchev–Trinajstić information content (AvgIpc) is 2.16. The van der Waals surface area contributed by atoms with Gasteiger partial charge < -0.3 is 10.5 Å². The minimum Gasteiger partial charge on any atom is -0.497 e. The zero-order valence-corrected chi connectivity index (χ0v) is 7.66. The summed E-state index contributed by atoms with van der Waals surface area (Å²) in [7, 11) is 1.68. The lowest BCUT2D eigenvalue weighted by atomic mass is 9.94. The molecule has 0 aromatic heterocycles. The largest absolute Gasteiger partial charge is 0.497 e. The van der Waals surface area contributed by atoms with Crippen LogP contribution in [-0.4, -0.2) is 13.2 Å². The van der Waals surface area contributed by atoms with Crippen molar-refractivity contribution in [3.05, 3.63) is 35.4 Å². The summed E-state index contributed by atoms with van der Waals surface area (Å²) >= 11 is 0. The molecule has 2 rings (SSSR count). The first kappa shape index (κ1) is 8.32. The van der Waals surface area contributed by atoms with Gasteiger partial charge in [0.25, 0.3) is 0 Å². The molecule has 2 nitrogen and oxygen atoms in total. The summed E-state index contributed by atoms with van der Waals surface area (Å²) < 4.78 is 5.15. The van der Waals surface area contributed by atoms with Gasteiger partial charge in [-0.15, -0.1) is 0 Å². The SMILES string of the molecule is COc1ccc2c(c1)CC(N)C=C2. The van der Waals surface area contributed by atoms with E-state index in [-0.39, 0.29) is 6.04 Å². The molecule has 2 N–H and O–H groups in total. The first-order chi connectivity index (χ1) is 6.29. The minimum atomic E-state index is 0.152. The normalized spacial score (nSPS) is 19.7. The highest BCUT2D eigenvalue weighted by molar-refractivity contribution is 5.59. The van der Waals surface area contributed by atoms with Crippen molar-refractivity contribution >= 4 is 6.08 Å². The summed E-state index contributed by atoms with van der Waals surface area (Å²) in [5.74, 6) is 0.904. The van der Waals surface area contributed by atoms with Crippen molar-refractivity contribution in [3.63, 3.8) is 0 Å². The van der Waals surface area contributed by atoms with E-state index in [1.165, 1.54) is 11.1 Å². The Labute approximate surface area is 78.0 Å². The molecule has 0 amide bonds. The fraction of sp³-hybridized carbons (Fsp3) is 0.273.